The van der Waals surface area contributed by atoms with E-state index >= 15 is 0 Å². The number of rotatable bonds is 2. The Morgan fingerprint density at radius 1 is 1.13 bits per heavy atom. The van der Waals surface area contributed by atoms with Crippen LogP contribution in [0.5, 0.6) is 0 Å². The molecule has 1 aromatic heterocycles. The minimum absolute atomic E-state index is 0.191. The molecule has 6 heteroatoms. The van der Waals surface area contributed by atoms with Gasteiger partial charge in [-0.1, -0.05) is 12.1 Å². The van der Waals surface area contributed by atoms with Crippen LogP contribution >= 0.6 is 0 Å². The Morgan fingerprint density at radius 3 is 2.57 bits per heavy atom. The van der Waals surface area contributed by atoms with Gasteiger partial charge in [-0.25, -0.2) is 4.79 Å². The van der Waals surface area contributed by atoms with Crippen molar-refractivity contribution in [2.75, 3.05) is 0 Å². The maximum absolute atomic E-state index is 12.5. The number of carbonyl (C=O) groups is 2. The van der Waals surface area contributed by atoms with Gasteiger partial charge in [0.05, 0.1) is 6.04 Å². The maximum atomic E-state index is 12.5. The average molecular weight is 311 g/mol. The normalized spacial score (nSPS) is 17.9. The van der Waals surface area contributed by atoms with E-state index in [1.165, 1.54) is 6.92 Å². The van der Waals surface area contributed by atoms with Crippen molar-refractivity contribution >= 4 is 22.7 Å². The zero-order valence-electron chi connectivity index (χ0n) is 13.1. The number of allylic oxidation sites excluding steroid dienone is 1. The summed E-state index contributed by atoms with van der Waals surface area (Å²) in [5, 5.41) is 6.08. The van der Waals surface area contributed by atoms with E-state index in [4.69, 9.17) is 0 Å². The van der Waals surface area contributed by atoms with Crippen molar-refractivity contribution < 1.29 is 9.59 Å². The number of carbonyl (C=O) groups excluding carboxylic acids is 2. The van der Waals surface area contributed by atoms with Gasteiger partial charge in [0, 0.05) is 22.4 Å². The Balaban J connectivity index is 2.22. The third-order valence-corrected chi connectivity index (χ3v) is 3.99. The first-order valence-electron chi connectivity index (χ1n) is 7.29. The molecule has 2 heterocycles. The highest BCUT2D eigenvalue weighted by Crippen LogP contribution is 2.26. The molecule has 0 unspecified atom stereocenters. The Labute approximate surface area is 132 Å². The standard InChI is InChI=1S/C17H17N3O3/c1-8-4-5-11-7-12(16(22)19-13(11)6-8)15-14(10(3)21)9(2)18-17(23)20-15/h4-7,15H,1-3H3,(H,19,22)(H2,18,20,23)/t15-/m0/s1. The lowest BCUT2D eigenvalue weighted by Crippen LogP contribution is -2.46. The molecule has 1 aromatic carbocycles. The van der Waals surface area contributed by atoms with Crippen molar-refractivity contribution in [2.45, 2.75) is 26.8 Å². The van der Waals surface area contributed by atoms with Gasteiger partial charge in [-0.05, 0) is 43.9 Å². The quantitative estimate of drug-likeness (QED) is 0.792. The maximum Gasteiger partial charge on any atom is 0.319 e. The lowest BCUT2D eigenvalue weighted by molar-refractivity contribution is -0.114. The summed E-state index contributed by atoms with van der Waals surface area (Å²) in [5.74, 6) is -0.191. The zero-order chi connectivity index (χ0) is 16.7. The summed E-state index contributed by atoms with van der Waals surface area (Å²) in [6, 6.07) is 6.26. The number of hydrogen-bond acceptors (Lipinski definition) is 3. The molecule has 0 saturated carbocycles. The van der Waals surface area contributed by atoms with Crippen LogP contribution in [-0.4, -0.2) is 16.8 Å². The van der Waals surface area contributed by atoms with Gasteiger partial charge >= 0.3 is 6.03 Å². The minimum Gasteiger partial charge on any atom is -0.327 e. The van der Waals surface area contributed by atoms with E-state index in [2.05, 4.69) is 15.6 Å². The zero-order valence-corrected chi connectivity index (χ0v) is 13.1. The molecule has 2 aromatic rings. The summed E-state index contributed by atoms with van der Waals surface area (Å²) in [5.41, 5.74) is 2.65. The Morgan fingerprint density at radius 2 is 1.87 bits per heavy atom. The van der Waals surface area contributed by atoms with Crippen LogP contribution in [0.4, 0.5) is 4.79 Å². The van der Waals surface area contributed by atoms with Crippen LogP contribution in [0.3, 0.4) is 0 Å². The van der Waals surface area contributed by atoms with Gasteiger partial charge < -0.3 is 15.6 Å². The molecule has 6 nitrogen and oxygen atoms in total. The molecule has 0 saturated heterocycles. The van der Waals surface area contributed by atoms with Gasteiger partial charge in [-0.3, -0.25) is 9.59 Å². The van der Waals surface area contributed by atoms with E-state index in [0.29, 0.717) is 16.8 Å². The fourth-order valence-electron chi connectivity index (χ4n) is 2.94. The molecule has 3 N–H and O–H groups in total. The smallest absolute Gasteiger partial charge is 0.319 e. The Bertz CT molecular complexity index is 924. The second-order valence-corrected chi connectivity index (χ2v) is 5.77. The topological polar surface area (TPSA) is 91.1 Å². The molecular weight excluding hydrogens is 294 g/mol. The number of ketones is 1. The fourth-order valence-corrected chi connectivity index (χ4v) is 2.94. The number of nitrogens with one attached hydrogen (secondary N) is 3. The number of amides is 2. The molecule has 1 aliphatic rings. The number of benzene rings is 1. The van der Waals surface area contributed by atoms with Gasteiger partial charge in [0.25, 0.3) is 5.56 Å². The van der Waals surface area contributed by atoms with Crippen LogP contribution in [0.2, 0.25) is 0 Å². The lowest BCUT2D eigenvalue weighted by Gasteiger charge is -2.27. The number of aromatic amines is 1. The number of Topliss-reactive ketones (excluding diaryl/α,β-unsaturated/α-hetero) is 1. The van der Waals surface area contributed by atoms with Crippen molar-refractivity contribution in [3.05, 3.63) is 57.0 Å². The molecule has 1 aliphatic heterocycles. The average Bonchev–Trinajstić information content (AvgIpc) is 2.44. The molecule has 3 rings (SSSR count). The van der Waals surface area contributed by atoms with Crippen molar-refractivity contribution in [3.63, 3.8) is 0 Å². The van der Waals surface area contributed by atoms with Crippen LogP contribution in [0, 0.1) is 6.92 Å². The molecule has 2 amide bonds. The summed E-state index contributed by atoms with van der Waals surface area (Å²) >= 11 is 0. The van der Waals surface area contributed by atoms with Crippen LogP contribution in [0.1, 0.15) is 31.0 Å². The second kappa shape index (κ2) is 5.39. The molecule has 0 spiro atoms. The van der Waals surface area contributed by atoms with Crippen LogP contribution < -0.4 is 16.2 Å². The van der Waals surface area contributed by atoms with Crippen molar-refractivity contribution in [3.8, 4) is 0 Å². The van der Waals surface area contributed by atoms with Gasteiger partial charge in [0.1, 0.15) is 0 Å². The Kier molecular flexibility index (Phi) is 3.52. The van der Waals surface area contributed by atoms with Crippen LogP contribution in [0.15, 0.2) is 40.3 Å². The van der Waals surface area contributed by atoms with Crippen LogP contribution in [-0.2, 0) is 4.79 Å². The number of hydrogen-bond donors (Lipinski definition) is 3. The van der Waals surface area contributed by atoms with Gasteiger partial charge in [0.15, 0.2) is 5.78 Å². The summed E-state index contributed by atoms with van der Waals surface area (Å²) in [7, 11) is 0. The van der Waals surface area contributed by atoms with Crippen molar-refractivity contribution in [2.24, 2.45) is 0 Å². The summed E-state index contributed by atoms with van der Waals surface area (Å²) < 4.78 is 0. The first kappa shape index (κ1) is 15.0. The Hall–Kier alpha value is -2.89. The molecule has 23 heavy (non-hydrogen) atoms. The molecule has 0 aliphatic carbocycles. The fraction of sp³-hybridized carbons (Fsp3) is 0.235. The van der Waals surface area contributed by atoms with Crippen molar-refractivity contribution in [1.29, 1.82) is 0 Å². The first-order valence-corrected chi connectivity index (χ1v) is 7.29. The number of urea groups is 1. The number of aryl methyl sites for hydroxylation is 1. The van der Waals surface area contributed by atoms with Crippen molar-refractivity contribution in [1.82, 2.24) is 15.6 Å². The summed E-state index contributed by atoms with van der Waals surface area (Å²) in [4.78, 5) is 39.0. The SMILES string of the molecule is CC(=O)C1=C(C)NC(=O)N[C@H]1c1cc2ccc(C)cc2[nH]c1=O. The first-order chi connectivity index (χ1) is 10.9. The van der Waals surface area contributed by atoms with Crippen LogP contribution in [0.25, 0.3) is 10.9 Å². The molecule has 0 bridgehead atoms. The highest BCUT2D eigenvalue weighted by molar-refractivity contribution is 5.98. The van der Waals surface area contributed by atoms with E-state index < -0.39 is 12.1 Å². The van der Waals surface area contributed by atoms with E-state index in [1.54, 1.807) is 13.0 Å². The summed E-state index contributed by atoms with van der Waals surface area (Å²) in [6.45, 7) is 5.02. The minimum atomic E-state index is -0.754. The number of fused-ring (bicyclic) bond motifs is 1. The predicted octanol–water partition coefficient (Wildman–Crippen LogP) is 2.05. The van der Waals surface area contributed by atoms with E-state index in [-0.39, 0.29) is 11.3 Å². The number of pyridine rings is 1. The second-order valence-electron chi connectivity index (χ2n) is 5.77. The lowest BCUT2D eigenvalue weighted by atomic mass is 9.93. The van der Waals surface area contributed by atoms with E-state index in [9.17, 15) is 14.4 Å². The third-order valence-electron chi connectivity index (χ3n) is 3.99. The third kappa shape index (κ3) is 2.63. The van der Waals surface area contributed by atoms with E-state index in [1.807, 2.05) is 25.1 Å². The summed E-state index contributed by atoms with van der Waals surface area (Å²) in [6.07, 6.45) is 0. The molecular formula is C17H17N3O3. The number of H-pyrrole nitrogens is 1. The molecule has 1 atom stereocenters. The van der Waals surface area contributed by atoms with Gasteiger partial charge in [-0.15, -0.1) is 0 Å². The monoisotopic (exact) mass is 311 g/mol. The van der Waals surface area contributed by atoms with Gasteiger partial charge in [-0.2, -0.15) is 0 Å². The predicted molar refractivity (Wildman–Crippen MR) is 87.1 cm³/mol. The molecule has 0 fully saturated rings. The largest absolute Gasteiger partial charge is 0.327 e. The number of aromatic nitrogens is 1. The van der Waals surface area contributed by atoms with Gasteiger partial charge in [0.2, 0.25) is 0 Å². The molecule has 118 valence electrons. The molecule has 0 radical (unpaired) electrons. The highest BCUT2D eigenvalue weighted by atomic mass is 16.2. The highest BCUT2D eigenvalue weighted by Gasteiger charge is 2.30. The van der Waals surface area contributed by atoms with E-state index in [0.717, 1.165) is 16.5 Å².